The minimum absolute atomic E-state index is 0.00991. The van der Waals surface area contributed by atoms with Gasteiger partial charge < -0.3 is 15.3 Å². The van der Waals surface area contributed by atoms with Gasteiger partial charge in [0.15, 0.2) is 5.69 Å². The number of carboxylic acid groups (broad SMARTS) is 1. The van der Waals surface area contributed by atoms with E-state index in [0.717, 1.165) is 6.54 Å². The van der Waals surface area contributed by atoms with Crippen LogP contribution < -0.4 is 5.32 Å². The number of hydrogen-bond donors (Lipinski definition) is 2. The highest BCUT2D eigenvalue weighted by Crippen LogP contribution is 2.20. The Morgan fingerprint density at radius 1 is 1.43 bits per heavy atom. The highest BCUT2D eigenvalue weighted by molar-refractivity contribution is 5.91. The minimum atomic E-state index is -1.03. The van der Waals surface area contributed by atoms with E-state index in [0.29, 0.717) is 18.1 Å². The first-order valence-corrected chi connectivity index (χ1v) is 7.11. The van der Waals surface area contributed by atoms with E-state index < -0.39 is 5.97 Å². The first kappa shape index (κ1) is 17.4. The van der Waals surface area contributed by atoms with Crippen LogP contribution in [-0.2, 0) is 0 Å². The second-order valence-electron chi connectivity index (χ2n) is 6.71. The van der Waals surface area contributed by atoms with Crippen molar-refractivity contribution in [2.75, 3.05) is 32.5 Å². The SMILES string of the molecule is CC(C)c1ncc(NCC(C)(C)CN(C)C)c(C(=O)O)n1. The Bertz CT molecular complexity index is 498. The van der Waals surface area contributed by atoms with E-state index in [1.165, 1.54) is 0 Å². The molecule has 1 rings (SSSR count). The van der Waals surface area contributed by atoms with E-state index in [9.17, 15) is 9.90 Å². The summed E-state index contributed by atoms with van der Waals surface area (Å²) in [6, 6.07) is 0. The standard InChI is InChI=1S/C15H26N4O2/c1-10(2)13-16-7-11(12(18-13)14(20)21)17-8-15(3,4)9-19(5)6/h7,10,17H,8-9H2,1-6H3,(H,20,21). The molecule has 0 aliphatic rings. The van der Waals surface area contributed by atoms with E-state index in [1.54, 1.807) is 6.20 Å². The molecule has 21 heavy (non-hydrogen) atoms. The normalized spacial score (nSPS) is 12.0. The molecule has 1 heterocycles. The maximum absolute atomic E-state index is 11.4. The number of carboxylic acids is 1. The lowest BCUT2D eigenvalue weighted by atomic mass is 9.93. The molecule has 6 nitrogen and oxygen atoms in total. The van der Waals surface area contributed by atoms with Crippen molar-refractivity contribution in [1.82, 2.24) is 14.9 Å². The van der Waals surface area contributed by atoms with Crippen LogP contribution in [0.25, 0.3) is 0 Å². The number of nitrogens with zero attached hydrogens (tertiary/aromatic N) is 3. The third-order valence-electron chi connectivity index (χ3n) is 3.03. The maximum atomic E-state index is 11.4. The fourth-order valence-corrected chi connectivity index (χ4v) is 2.21. The van der Waals surface area contributed by atoms with Gasteiger partial charge in [-0.25, -0.2) is 14.8 Å². The topological polar surface area (TPSA) is 78.4 Å². The Kier molecular flexibility index (Phi) is 5.66. The van der Waals surface area contributed by atoms with Crippen LogP contribution in [0, 0.1) is 5.41 Å². The molecule has 0 atom stereocenters. The van der Waals surface area contributed by atoms with E-state index >= 15 is 0 Å². The van der Waals surface area contributed by atoms with Gasteiger partial charge in [-0.15, -0.1) is 0 Å². The third kappa shape index (κ3) is 5.30. The number of carbonyl (C=O) groups is 1. The largest absolute Gasteiger partial charge is 0.476 e. The first-order valence-electron chi connectivity index (χ1n) is 7.11. The fraction of sp³-hybridized carbons (Fsp3) is 0.667. The van der Waals surface area contributed by atoms with Gasteiger partial charge in [-0.2, -0.15) is 0 Å². The summed E-state index contributed by atoms with van der Waals surface area (Å²) in [6.07, 6.45) is 1.57. The molecule has 0 bridgehead atoms. The van der Waals surface area contributed by atoms with Gasteiger partial charge in [0.2, 0.25) is 0 Å². The molecule has 0 unspecified atom stereocenters. The van der Waals surface area contributed by atoms with Gasteiger partial charge in [-0.1, -0.05) is 27.7 Å². The van der Waals surface area contributed by atoms with Crippen LogP contribution >= 0.6 is 0 Å². The molecule has 0 saturated carbocycles. The first-order chi connectivity index (χ1) is 9.62. The summed E-state index contributed by atoms with van der Waals surface area (Å²) in [5, 5.41) is 12.5. The highest BCUT2D eigenvalue weighted by atomic mass is 16.4. The van der Waals surface area contributed by atoms with Crippen LogP contribution in [-0.4, -0.2) is 53.1 Å². The summed E-state index contributed by atoms with van der Waals surface area (Å²) in [5.74, 6) is -0.389. The van der Waals surface area contributed by atoms with Crippen molar-refractivity contribution in [2.45, 2.75) is 33.6 Å². The van der Waals surface area contributed by atoms with Crippen molar-refractivity contribution in [1.29, 1.82) is 0 Å². The second kappa shape index (κ2) is 6.85. The smallest absolute Gasteiger partial charge is 0.356 e. The summed E-state index contributed by atoms with van der Waals surface area (Å²) in [5.41, 5.74) is 0.517. The minimum Gasteiger partial charge on any atom is -0.476 e. The Labute approximate surface area is 126 Å². The van der Waals surface area contributed by atoms with E-state index in [1.807, 2.05) is 27.9 Å². The Balaban J connectivity index is 2.90. The molecule has 0 aliphatic carbocycles. The van der Waals surface area contributed by atoms with Gasteiger partial charge in [0.1, 0.15) is 5.82 Å². The second-order valence-corrected chi connectivity index (χ2v) is 6.71. The van der Waals surface area contributed by atoms with Gasteiger partial charge >= 0.3 is 5.97 Å². The summed E-state index contributed by atoms with van der Waals surface area (Å²) in [4.78, 5) is 21.9. The van der Waals surface area contributed by atoms with Crippen molar-refractivity contribution in [3.05, 3.63) is 17.7 Å². The van der Waals surface area contributed by atoms with Crippen LogP contribution in [0.3, 0.4) is 0 Å². The lowest BCUT2D eigenvalue weighted by Crippen LogP contribution is -2.34. The van der Waals surface area contributed by atoms with Crippen LogP contribution in [0.15, 0.2) is 6.20 Å². The van der Waals surface area contributed by atoms with E-state index in [-0.39, 0.29) is 17.0 Å². The van der Waals surface area contributed by atoms with Crippen molar-refractivity contribution >= 4 is 11.7 Å². The number of hydrogen-bond acceptors (Lipinski definition) is 5. The predicted octanol–water partition coefficient (Wildman–Crippen LogP) is 2.30. The lowest BCUT2D eigenvalue weighted by molar-refractivity contribution is 0.0691. The average molecular weight is 294 g/mol. The summed E-state index contributed by atoms with van der Waals surface area (Å²) in [6.45, 7) is 9.68. The number of anilines is 1. The Morgan fingerprint density at radius 2 is 2.05 bits per heavy atom. The number of aromatic nitrogens is 2. The van der Waals surface area contributed by atoms with Gasteiger partial charge in [-0.05, 0) is 19.5 Å². The fourth-order valence-electron chi connectivity index (χ4n) is 2.21. The molecule has 0 saturated heterocycles. The molecule has 0 aromatic carbocycles. The zero-order valence-electron chi connectivity index (χ0n) is 13.8. The Morgan fingerprint density at radius 3 is 2.52 bits per heavy atom. The molecule has 6 heteroatoms. The van der Waals surface area contributed by atoms with Crippen LogP contribution in [0.4, 0.5) is 5.69 Å². The molecule has 0 aliphatic heterocycles. The van der Waals surface area contributed by atoms with Crippen molar-refractivity contribution in [2.24, 2.45) is 5.41 Å². The van der Waals surface area contributed by atoms with Gasteiger partial charge in [0.25, 0.3) is 0 Å². The molecular formula is C15H26N4O2. The number of nitrogens with one attached hydrogen (secondary N) is 1. The van der Waals surface area contributed by atoms with Gasteiger partial charge in [0, 0.05) is 19.0 Å². The zero-order valence-corrected chi connectivity index (χ0v) is 13.8. The Hall–Kier alpha value is -1.69. The quantitative estimate of drug-likeness (QED) is 0.803. The van der Waals surface area contributed by atoms with Crippen molar-refractivity contribution < 1.29 is 9.90 Å². The predicted molar refractivity (Wildman–Crippen MR) is 83.9 cm³/mol. The zero-order chi connectivity index (χ0) is 16.2. The monoisotopic (exact) mass is 294 g/mol. The van der Waals surface area contributed by atoms with E-state index in [4.69, 9.17) is 0 Å². The molecule has 1 aromatic rings. The van der Waals surface area contributed by atoms with Gasteiger partial charge in [-0.3, -0.25) is 0 Å². The van der Waals surface area contributed by atoms with Crippen molar-refractivity contribution in [3.63, 3.8) is 0 Å². The summed E-state index contributed by atoms with van der Waals surface area (Å²) in [7, 11) is 4.04. The van der Waals surface area contributed by atoms with Crippen molar-refractivity contribution in [3.8, 4) is 0 Å². The average Bonchev–Trinajstić information content (AvgIpc) is 2.34. The summed E-state index contributed by atoms with van der Waals surface area (Å²) < 4.78 is 0. The molecule has 0 radical (unpaired) electrons. The van der Waals surface area contributed by atoms with Gasteiger partial charge in [0.05, 0.1) is 11.9 Å². The summed E-state index contributed by atoms with van der Waals surface area (Å²) >= 11 is 0. The van der Waals surface area contributed by atoms with Crippen LogP contribution in [0.1, 0.15) is 49.9 Å². The molecule has 0 spiro atoms. The van der Waals surface area contributed by atoms with E-state index in [2.05, 4.69) is 34.0 Å². The lowest BCUT2D eigenvalue weighted by Gasteiger charge is -2.29. The maximum Gasteiger partial charge on any atom is 0.356 e. The molecule has 0 amide bonds. The molecular weight excluding hydrogens is 268 g/mol. The third-order valence-corrected chi connectivity index (χ3v) is 3.03. The van der Waals surface area contributed by atoms with Crippen LogP contribution in [0.2, 0.25) is 0 Å². The number of aromatic carboxylic acids is 1. The molecule has 1 aromatic heterocycles. The molecule has 0 fully saturated rings. The molecule has 118 valence electrons. The van der Waals surface area contributed by atoms with Crippen LogP contribution in [0.5, 0.6) is 0 Å². The molecule has 2 N–H and O–H groups in total. The number of rotatable bonds is 7. The highest BCUT2D eigenvalue weighted by Gasteiger charge is 2.21.